The van der Waals surface area contributed by atoms with Gasteiger partial charge >= 0.3 is 0 Å². The number of amides is 1. The summed E-state index contributed by atoms with van der Waals surface area (Å²) in [5, 5.41) is 0. The molecule has 2 heterocycles. The molecule has 1 atom stereocenters. The maximum Gasteiger partial charge on any atom is 0.219 e. The lowest BCUT2D eigenvalue weighted by atomic mass is 10.0. The average Bonchev–Trinajstić information content (AvgIpc) is 2.52. The molecule has 2 fully saturated rings. The van der Waals surface area contributed by atoms with E-state index in [1.165, 1.54) is 51.6 Å². The summed E-state index contributed by atoms with van der Waals surface area (Å²) in [6.45, 7) is 14.3. The third-order valence-corrected chi connectivity index (χ3v) is 3.95. The van der Waals surface area contributed by atoms with Gasteiger partial charge in [0.25, 0.3) is 0 Å². The number of likely N-dealkylation sites (tertiary alicyclic amines) is 2. The van der Waals surface area contributed by atoms with Crippen molar-refractivity contribution >= 4 is 5.91 Å². The van der Waals surface area contributed by atoms with Crippen LogP contribution in [-0.4, -0.2) is 47.9 Å². The Morgan fingerprint density at radius 2 is 1.45 bits per heavy atom. The van der Waals surface area contributed by atoms with Crippen molar-refractivity contribution in [2.75, 3.05) is 26.2 Å². The van der Waals surface area contributed by atoms with Crippen molar-refractivity contribution in [1.29, 1.82) is 0 Å². The molecule has 2 aliphatic rings. The molecule has 2 aliphatic heterocycles. The number of carbonyl (C=O) groups is 1. The van der Waals surface area contributed by atoms with Gasteiger partial charge in [0.15, 0.2) is 0 Å². The summed E-state index contributed by atoms with van der Waals surface area (Å²) in [5.41, 5.74) is 0. The number of hydrogen-bond acceptors (Lipinski definition) is 2. The van der Waals surface area contributed by atoms with E-state index in [2.05, 4.69) is 9.80 Å². The number of piperidine rings is 2. The monoisotopic (exact) mass is 284 g/mol. The second-order valence-corrected chi connectivity index (χ2v) is 5.22. The van der Waals surface area contributed by atoms with Crippen LogP contribution in [0.2, 0.25) is 0 Å². The van der Waals surface area contributed by atoms with Crippen LogP contribution in [-0.2, 0) is 4.79 Å². The van der Waals surface area contributed by atoms with E-state index in [-0.39, 0.29) is 5.91 Å². The molecule has 0 radical (unpaired) electrons. The summed E-state index contributed by atoms with van der Waals surface area (Å²) in [6, 6.07) is 0.490. The van der Waals surface area contributed by atoms with E-state index in [0.29, 0.717) is 6.04 Å². The predicted molar refractivity (Wildman–Crippen MR) is 88.0 cm³/mol. The molecule has 0 aromatic rings. The van der Waals surface area contributed by atoms with Crippen LogP contribution in [0.1, 0.15) is 73.1 Å². The fourth-order valence-corrected chi connectivity index (χ4v) is 3.04. The van der Waals surface area contributed by atoms with Crippen molar-refractivity contribution in [2.24, 2.45) is 0 Å². The quantitative estimate of drug-likeness (QED) is 0.767. The predicted octanol–water partition coefficient (Wildman–Crippen LogP) is 3.93. The minimum absolute atomic E-state index is 0.265. The molecule has 2 saturated heterocycles. The van der Waals surface area contributed by atoms with Crippen molar-refractivity contribution in [3.05, 3.63) is 0 Å². The number of nitrogens with zero attached hydrogens (tertiary/aromatic N) is 2. The molecule has 0 aromatic heterocycles. The summed E-state index contributed by atoms with van der Waals surface area (Å²) >= 11 is 0. The molecular formula is C17H36N2O. The molecular weight excluding hydrogens is 248 g/mol. The molecule has 2 rings (SSSR count). The van der Waals surface area contributed by atoms with Crippen LogP contribution < -0.4 is 0 Å². The van der Waals surface area contributed by atoms with E-state index < -0.39 is 0 Å². The molecule has 0 bridgehead atoms. The zero-order valence-electron chi connectivity index (χ0n) is 14.5. The molecule has 0 spiro atoms. The first kappa shape index (κ1) is 19.4. The van der Waals surface area contributed by atoms with Gasteiger partial charge in [-0.05, 0) is 45.2 Å². The van der Waals surface area contributed by atoms with E-state index in [1.807, 2.05) is 27.7 Å². The van der Waals surface area contributed by atoms with Gasteiger partial charge in [-0.3, -0.25) is 4.79 Å². The Labute approximate surface area is 126 Å². The molecule has 1 amide bonds. The van der Waals surface area contributed by atoms with E-state index in [0.717, 1.165) is 13.1 Å². The van der Waals surface area contributed by atoms with Crippen LogP contribution in [0.5, 0.6) is 0 Å². The topological polar surface area (TPSA) is 23.6 Å². The smallest absolute Gasteiger partial charge is 0.219 e. The molecule has 3 nitrogen and oxygen atoms in total. The molecule has 120 valence electrons. The SMILES string of the molecule is CC.CC.CC(=O)N1CCCCC1CN1CCCCC1. The van der Waals surface area contributed by atoms with Crippen LogP contribution in [0.15, 0.2) is 0 Å². The van der Waals surface area contributed by atoms with Crippen LogP contribution in [0.4, 0.5) is 0 Å². The molecule has 20 heavy (non-hydrogen) atoms. The van der Waals surface area contributed by atoms with E-state index in [9.17, 15) is 4.79 Å². The first-order valence-electron chi connectivity index (χ1n) is 8.77. The van der Waals surface area contributed by atoms with E-state index in [4.69, 9.17) is 0 Å². The van der Waals surface area contributed by atoms with Gasteiger partial charge in [-0.15, -0.1) is 0 Å². The normalized spacial score (nSPS) is 23.1. The van der Waals surface area contributed by atoms with Gasteiger partial charge in [-0.1, -0.05) is 34.1 Å². The minimum atomic E-state index is 0.265. The third-order valence-electron chi connectivity index (χ3n) is 3.95. The van der Waals surface area contributed by atoms with Crippen molar-refractivity contribution in [2.45, 2.75) is 79.2 Å². The molecule has 1 unspecified atom stereocenters. The largest absolute Gasteiger partial charge is 0.339 e. The molecule has 3 heteroatoms. The van der Waals surface area contributed by atoms with Gasteiger partial charge in [0, 0.05) is 26.1 Å². The average molecular weight is 284 g/mol. The van der Waals surface area contributed by atoms with Gasteiger partial charge in [-0.25, -0.2) is 0 Å². The maximum atomic E-state index is 11.6. The highest BCUT2D eigenvalue weighted by Crippen LogP contribution is 2.19. The van der Waals surface area contributed by atoms with Crippen LogP contribution >= 0.6 is 0 Å². The highest BCUT2D eigenvalue weighted by atomic mass is 16.2. The second kappa shape index (κ2) is 12.2. The highest BCUT2D eigenvalue weighted by Gasteiger charge is 2.26. The molecule has 0 saturated carbocycles. The summed E-state index contributed by atoms with van der Waals surface area (Å²) in [6.07, 6.45) is 7.76. The Bertz CT molecular complexity index is 237. The van der Waals surface area contributed by atoms with Gasteiger partial charge in [-0.2, -0.15) is 0 Å². The molecule has 0 N–H and O–H groups in total. The van der Waals surface area contributed by atoms with Crippen LogP contribution in [0.25, 0.3) is 0 Å². The zero-order valence-corrected chi connectivity index (χ0v) is 14.5. The number of carbonyl (C=O) groups excluding carboxylic acids is 1. The molecule has 0 aromatic carbocycles. The fourth-order valence-electron chi connectivity index (χ4n) is 3.04. The van der Waals surface area contributed by atoms with Crippen molar-refractivity contribution in [3.63, 3.8) is 0 Å². The van der Waals surface area contributed by atoms with Crippen LogP contribution in [0.3, 0.4) is 0 Å². The minimum Gasteiger partial charge on any atom is -0.339 e. The zero-order chi connectivity index (χ0) is 15.4. The number of hydrogen-bond donors (Lipinski definition) is 0. The van der Waals surface area contributed by atoms with Gasteiger partial charge in [0.1, 0.15) is 0 Å². The summed E-state index contributed by atoms with van der Waals surface area (Å²) in [7, 11) is 0. The Kier molecular flexibility index (Phi) is 11.8. The summed E-state index contributed by atoms with van der Waals surface area (Å²) in [5.74, 6) is 0.265. The van der Waals surface area contributed by atoms with Gasteiger partial charge in [0.2, 0.25) is 5.91 Å². The lowest BCUT2D eigenvalue weighted by molar-refractivity contribution is -0.133. The van der Waals surface area contributed by atoms with E-state index in [1.54, 1.807) is 6.92 Å². The Hall–Kier alpha value is -0.570. The second-order valence-electron chi connectivity index (χ2n) is 5.22. The highest BCUT2D eigenvalue weighted by molar-refractivity contribution is 5.73. The first-order chi connectivity index (χ1) is 9.77. The van der Waals surface area contributed by atoms with Gasteiger partial charge in [0.05, 0.1) is 0 Å². The van der Waals surface area contributed by atoms with Crippen molar-refractivity contribution in [1.82, 2.24) is 9.80 Å². The third kappa shape index (κ3) is 6.74. The summed E-state index contributed by atoms with van der Waals surface area (Å²) < 4.78 is 0. The maximum absolute atomic E-state index is 11.6. The fraction of sp³-hybridized carbons (Fsp3) is 0.941. The Balaban J connectivity index is 0.000000829. The summed E-state index contributed by atoms with van der Waals surface area (Å²) in [4.78, 5) is 16.2. The standard InChI is InChI=1S/C13H24N2O.2C2H6/c1-12(16)15-10-6-3-7-13(15)11-14-8-4-2-5-9-14;2*1-2/h13H,2-11H2,1H3;2*1-2H3. The Morgan fingerprint density at radius 1 is 0.900 bits per heavy atom. The van der Waals surface area contributed by atoms with E-state index >= 15 is 0 Å². The van der Waals surface area contributed by atoms with Crippen LogP contribution in [0, 0.1) is 0 Å². The Morgan fingerprint density at radius 3 is 2.00 bits per heavy atom. The lowest BCUT2D eigenvalue weighted by Gasteiger charge is -2.39. The van der Waals surface area contributed by atoms with Gasteiger partial charge < -0.3 is 9.80 Å². The van der Waals surface area contributed by atoms with Crippen molar-refractivity contribution < 1.29 is 4.79 Å². The first-order valence-corrected chi connectivity index (χ1v) is 8.77. The number of rotatable bonds is 2. The molecule has 0 aliphatic carbocycles. The lowest BCUT2D eigenvalue weighted by Crippen LogP contribution is -2.49. The van der Waals surface area contributed by atoms with Crippen molar-refractivity contribution in [3.8, 4) is 0 Å².